The molecule has 0 unspecified atom stereocenters. The Hall–Kier alpha value is -2.82. The first-order chi connectivity index (χ1) is 10.7. The maximum absolute atomic E-state index is 11.5. The second-order valence-corrected chi connectivity index (χ2v) is 5.65. The van der Waals surface area contributed by atoms with E-state index in [0.717, 1.165) is 35.0 Å². The fraction of sp³-hybridized carbons (Fsp3) is 0.176. The molecule has 1 aromatic carbocycles. The van der Waals surface area contributed by atoms with E-state index in [1.807, 2.05) is 30.5 Å². The molecule has 1 fully saturated rings. The van der Waals surface area contributed by atoms with Crippen molar-refractivity contribution >= 4 is 28.4 Å². The van der Waals surface area contributed by atoms with E-state index in [2.05, 4.69) is 15.3 Å². The molecule has 3 N–H and O–H groups in total. The Morgan fingerprint density at radius 1 is 1.27 bits per heavy atom. The van der Waals surface area contributed by atoms with Gasteiger partial charge in [0.1, 0.15) is 11.4 Å². The number of nitrogens with zero attached hydrogens (tertiary/aromatic N) is 1. The number of anilines is 2. The standard InChI is InChI=1S/C17H15N3O2/c21-17(22)14-8-12(10-1-2-10)9-19-16(14)20-13-3-4-15-11(7-13)5-6-18-15/h3-10,18H,1-2H2,(H,19,20)(H,21,22). The molecule has 22 heavy (non-hydrogen) atoms. The molecular formula is C17H15N3O2. The van der Waals surface area contributed by atoms with Crippen LogP contribution in [0.3, 0.4) is 0 Å². The lowest BCUT2D eigenvalue weighted by Gasteiger charge is -2.10. The number of aromatic nitrogens is 2. The van der Waals surface area contributed by atoms with E-state index < -0.39 is 5.97 Å². The highest BCUT2D eigenvalue weighted by molar-refractivity contribution is 5.94. The number of pyridine rings is 1. The minimum absolute atomic E-state index is 0.221. The molecule has 110 valence electrons. The highest BCUT2D eigenvalue weighted by atomic mass is 16.4. The average molecular weight is 293 g/mol. The molecule has 0 saturated heterocycles. The first kappa shape index (κ1) is 12.9. The van der Waals surface area contributed by atoms with Crippen LogP contribution in [0, 0.1) is 0 Å². The van der Waals surface area contributed by atoms with Gasteiger partial charge in [-0.1, -0.05) is 0 Å². The number of hydrogen-bond acceptors (Lipinski definition) is 3. The lowest BCUT2D eigenvalue weighted by molar-refractivity contribution is 0.0697. The second-order valence-electron chi connectivity index (χ2n) is 5.65. The van der Waals surface area contributed by atoms with E-state index in [1.165, 1.54) is 0 Å². The van der Waals surface area contributed by atoms with Crippen molar-refractivity contribution in [2.75, 3.05) is 5.32 Å². The van der Waals surface area contributed by atoms with Gasteiger partial charge in [0.15, 0.2) is 0 Å². The molecular weight excluding hydrogens is 278 g/mol. The summed E-state index contributed by atoms with van der Waals surface area (Å²) in [5.41, 5.74) is 3.10. The summed E-state index contributed by atoms with van der Waals surface area (Å²) in [5.74, 6) is -0.0946. The van der Waals surface area contributed by atoms with Gasteiger partial charge in [0.05, 0.1) is 0 Å². The van der Waals surface area contributed by atoms with E-state index in [-0.39, 0.29) is 5.56 Å². The molecule has 1 aliphatic carbocycles. The minimum atomic E-state index is -0.958. The Labute approximate surface area is 127 Å². The van der Waals surface area contributed by atoms with Crippen LogP contribution in [0.5, 0.6) is 0 Å². The second kappa shape index (κ2) is 4.87. The number of benzene rings is 1. The van der Waals surface area contributed by atoms with Crippen molar-refractivity contribution in [3.8, 4) is 0 Å². The summed E-state index contributed by atoms with van der Waals surface area (Å²) in [5, 5.41) is 13.6. The van der Waals surface area contributed by atoms with Crippen LogP contribution in [-0.4, -0.2) is 21.0 Å². The van der Waals surface area contributed by atoms with Gasteiger partial charge in [0, 0.05) is 29.0 Å². The summed E-state index contributed by atoms with van der Waals surface area (Å²) in [6.45, 7) is 0. The number of nitrogens with one attached hydrogen (secondary N) is 2. The number of rotatable bonds is 4. The molecule has 2 heterocycles. The topological polar surface area (TPSA) is 78.0 Å². The average Bonchev–Trinajstić information content (AvgIpc) is 3.25. The highest BCUT2D eigenvalue weighted by Gasteiger charge is 2.25. The molecule has 1 aliphatic rings. The maximum Gasteiger partial charge on any atom is 0.339 e. The van der Waals surface area contributed by atoms with Crippen molar-refractivity contribution in [3.05, 3.63) is 53.9 Å². The molecule has 3 aromatic rings. The molecule has 0 atom stereocenters. The molecule has 4 rings (SSSR count). The van der Waals surface area contributed by atoms with Gasteiger partial charge in [-0.2, -0.15) is 0 Å². The van der Waals surface area contributed by atoms with Crippen molar-refractivity contribution in [3.63, 3.8) is 0 Å². The van der Waals surface area contributed by atoms with Crippen LogP contribution in [0.25, 0.3) is 10.9 Å². The van der Waals surface area contributed by atoms with Crippen LogP contribution in [0.1, 0.15) is 34.7 Å². The third-order valence-corrected chi connectivity index (χ3v) is 4.00. The van der Waals surface area contributed by atoms with Gasteiger partial charge in [-0.05, 0) is 54.7 Å². The lowest BCUT2D eigenvalue weighted by Crippen LogP contribution is -2.06. The summed E-state index contributed by atoms with van der Waals surface area (Å²) in [6.07, 6.45) is 5.90. The van der Waals surface area contributed by atoms with Gasteiger partial charge in [0.25, 0.3) is 0 Å². The lowest BCUT2D eigenvalue weighted by atomic mass is 10.1. The van der Waals surface area contributed by atoms with Crippen molar-refractivity contribution in [2.45, 2.75) is 18.8 Å². The van der Waals surface area contributed by atoms with E-state index >= 15 is 0 Å². The highest BCUT2D eigenvalue weighted by Crippen LogP contribution is 2.40. The fourth-order valence-corrected chi connectivity index (χ4v) is 2.65. The Bertz CT molecular complexity index is 865. The molecule has 0 aliphatic heterocycles. The molecule has 2 aromatic heterocycles. The number of aromatic carboxylic acids is 1. The summed E-state index contributed by atoms with van der Waals surface area (Å²) in [6, 6.07) is 9.54. The van der Waals surface area contributed by atoms with Crippen LogP contribution in [0.15, 0.2) is 42.7 Å². The number of H-pyrrole nitrogens is 1. The zero-order valence-electron chi connectivity index (χ0n) is 11.8. The van der Waals surface area contributed by atoms with Crippen LogP contribution in [0.4, 0.5) is 11.5 Å². The SMILES string of the molecule is O=C(O)c1cc(C2CC2)cnc1Nc1ccc2[nH]ccc2c1. The van der Waals surface area contributed by atoms with Crippen LogP contribution in [0.2, 0.25) is 0 Å². The fourth-order valence-electron chi connectivity index (χ4n) is 2.65. The van der Waals surface area contributed by atoms with Gasteiger partial charge in [-0.3, -0.25) is 0 Å². The maximum atomic E-state index is 11.5. The van der Waals surface area contributed by atoms with Gasteiger partial charge < -0.3 is 15.4 Å². The predicted octanol–water partition coefficient (Wildman–Crippen LogP) is 3.88. The summed E-state index contributed by atoms with van der Waals surface area (Å²) in [7, 11) is 0. The van der Waals surface area contributed by atoms with Gasteiger partial charge >= 0.3 is 5.97 Å². The first-order valence-corrected chi connectivity index (χ1v) is 7.28. The number of carboxylic acids is 1. The third-order valence-electron chi connectivity index (χ3n) is 4.00. The van der Waals surface area contributed by atoms with Gasteiger partial charge in [-0.25, -0.2) is 9.78 Å². The number of carboxylic acid groups (broad SMARTS) is 1. The monoisotopic (exact) mass is 293 g/mol. The van der Waals surface area contributed by atoms with Crippen molar-refractivity contribution in [1.29, 1.82) is 0 Å². The van der Waals surface area contributed by atoms with Crippen LogP contribution >= 0.6 is 0 Å². The van der Waals surface area contributed by atoms with Crippen LogP contribution < -0.4 is 5.32 Å². The van der Waals surface area contributed by atoms with Gasteiger partial charge in [0.2, 0.25) is 0 Å². The number of fused-ring (bicyclic) bond motifs is 1. The van der Waals surface area contributed by atoms with Gasteiger partial charge in [-0.15, -0.1) is 0 Å². The molecule has 0 radical (unpaired) electrons. The van der Waals surface area contributed by atoms with Crippen molar-refractivity contribution in [1.82, 2.24) is 9.97 Å². The van der Waals surface area contributed by atoms with E-state index in [0.29, 0.717) is 11.7 Å². The minimum Gasteiger partial charge on any atom is -0.478 e. The Morgan fingerprint density at radius 3 is 2.91 bits per heavy atom. The van der Waals surface area contributed by atoms with Crippen molar-refractivity contribution < 1.29 is 9.90 Å². The summed E-state index contributed by atoms with van der Waals surface area (Å²) >= 11 is 0. The molecule has 1 saturated carbocycles. The zero-order chi connectivity index (χ0) is 15.1. The van der Waals surface area contributed by atoms with Crippen LogP contribution in [-0.2, 0) is 0 Å². The normalized spacial score (nSPS) is 14.2. The Kier molecular flexibility index (Phi) is 2.85. The molecule has 0 bridgehead atoms. The van der Waals surface area contributed by atoms with E-state index in [9.17, 15) is 9.90 Å². The number of hydrogen-bond donors (Lipinski definition) is 3. The Morgan fingerprint density at radius 2 is 2.14 bits per heavy atom. The summed E-state index contributed by atoms with van der Waals surface area (Å²) in [4.78, 5) is 18.9. The quantitative estimate of drug-likeness (QED) is 0.682. The first-order valence-electron chi connectivity index (χ1n) is 7.28. The smallest absolute Gasteiger partial charge is 0.339 e. The Balaban J connectivity index is 1.70. The zero-order valence-corrected chi connectivity index (χ0v) is 11.8. The molecule has 0 spiro atoms. The number of carbonyl (C=O) groups is 1. The number of aromatic amines is 1. The third kappa shape index (κ3) is 2.30. The molecule has 0 amide bonds. The predicted molar refractivity (Wildman–Crippen MR) is 84.8 cm³/mol. The summed E-state index contributed by atoms with van der Waals surface area (Å²) < 4.78 is 0. The molecule has 5 nitrogen and oxygen atoms in total. The molecule has 5 heteroatoms. The largest absolute Gasteiger partial charge is 0.478 e. The van der Waals surface area contributed by atoms with Crippen molar-refractivity contribution in [2.24, 2.45) is 0 Å². The van der Waals surface area contributed by atoms with E-state index in [4.69, 9.17) is 0 Å². The van der Waals surface area contributed by atoms with E-state index in [1.54, 1.807) is 12.3 Å².